The maximum Gasteiger partial charge on any atom is 0.240 e. The fourth-order valence-corrected chi connectivity index (χ4v) is 2.52. The molecule has 0 aromatic heterocycles. The number of hydrogen-bond acceptors (Lipinski definition) is 3. The fourth-order valence-electron chi connectivity index (χ4n) is 2.52. The van der Waals surface area contributed by atoms with E-state index in [9.17, 15) is 14.0 Å². The number of rotatable bonds is 6. The Morgan fingerprint density at radius 1 is 0.960 bits per heavy atom. The summed E-state index contributed by atoms with van der Waals surface area (Å²) in [6.07, 6.45) is 0.978. The third-order valence-corrected chi connectivity index (χ3v) is 4.14. The van der Waals surface area contributed by atoms with Crippen molar-refractivity contribution < 1.29 is 18.7 Å². The molecule has 1 fully saturated rings. The van der Waals surface area contributed by atoms with E-state index >= 15 is 0 Å². The Morgan fingerprint density at radius 3 is 1.88 bits per heavy atom. The molecule has 1 aliphatic carbocycles. The second-order valence-corrected chi connectivity index (χ2v) is 5.95. The van der Waals surface area contributed by atoms with Gasteiger partial charge in [-0.15, -0.1) is 0 Å². The third-order valence-electron chi connectivity index (χ3n) is 4.14. The predicted molar refractivity (Wildman–Crippen MR) is 92.9 cm³/mol. The Morgan fingerprint density at radius 2 is 1.44 bits per heavy atom. The monoisotopic (exact) mass is 342 g/mol. The molecule has 1 aliphatic rings. The molecule has 25 heavy (non-hydrogen) atoms. The summed E-state index contributed by atoms with van der Waals surface area (Å²) < 4.78 is 18.3. The minimum Gasteiger partial charge on any atom is -0.494 e. The van der Waals surface area contributed by atoms with E-state index in [2.05, 4.69) is 10.6 Å². The average Bonchev–Trinajstić information content (AvgIpc) is 3.41. The van der Waals surface area contributed by atoms with Crippen molar-refractivity contribution in [3.63, 3.8) is 0 Å². The van der Waals surface area contributed by atoms with Crippen LogP contribution in [-0.4, -0.2) is 18.4 Å². The quantitative estimate of drug-likeness (QED) is 0.789. The average molecular weight is 342 g/mol. The molecule has 2 amide bonds. The van der Waals surface area contributed by atoms with Gasteiger partial charge in [-0.3, -0.25) is 9.59 Å². The normalized spacial score (nSPS) is 14.5. The second kappa shape index (κ2) is 6.93. The number of amides is 2. The molecule has 5 nitrogen and oxygen atoms in total. The Labute approximate surface area is 145 Å². The van der Waals surface area contributed by atoms with Crippen LogP contribution in [0.4, 0.5) is 15.8 Å². The maximum atomic E-state index is 12.9. The molecule has 1 saturated carbocycles. The van der Waals surface area contributed by atoms with Crippen LogP contribution < -0.4 is 15.4 Å². The number of carbonyl (C=O) groups excluding carboxylic acids is 2. The SMILES string of the molecule is CCOc1ccc(NC(=O)C2(C(=O)Nc3ccc(F)cc3)CC2)cc1. The summed E-state index contributed by atoms with van der Waals surface area (Å²) >= 11 is 0. The molecular formula is C19H19FN2O3. The first-order valence-electron chi connectivity index (χ1n) is 8.15. The van der Waals surface area contributed by atoms with Gasteiger partial charge in [-0.05, 0) is 68.3 Å². The van der Waals surface area contributed by atoms with Gasteiger partial charge in [0.05, 0.1) is 6.61 Å². The zero-order chi connectivity index (χ0) is 17.9. The van der Waals surface area contributed by atoms with Crippen LogP contribution in [-0.2, 0) is 9.59 Å². The standard InChI is InChI=1S/C19H19FN2O3/c1-2-25-16-9-7-15(8-10-16)22-18(24)19(11-12-19)17(23)21-14-5-3-13(20)4-6-14/h3-10H,2,11-12H2,1H3,(H,21,23)(H,22,24). The number of hydrogen-bond donors (Lipinski definition) is 2. The molecule has 2 aromatic carbocycles. The van der Waals surface area contributed by atoms with Gasteiger partial charge in [0, 0.05) is 11.4 Å². The third kappa shape index (κ3) is 3.79. The minimum absolute atomic E-state index is 0.337. The Bertz CT molecular complexity index is 768. The predicted octanol–water partition coefficient (Wildman–Crippen LogP) is 3.58. The van der Waals surface area contributed by atoms with Gasteiger partial charge in [-0.1, -0.05) is 0 Å². The van der Waals surface area contributed by atoms with Gasteiger partial charge in [-0.25, -0.2) is 4.39 Å². The van der Waals surface area contributed by atoms with Crippen molar-refractivity contribution in [1.29, 1.82) is 0 Å². The lowest BCUT2D eigenvalue weighted by Gasteiger charge is -2.15. The summed E-state index contributed by atoms with van der Waals surface area (Å²) in [7, 11) is 0. The van der Waals surface area contributed by atoms with Crippen LogP contribution in [0, 0.1) is 11.2 Å². The van der Waals surface area contributed by atoms with Crippen LogP contribution in [0.2, 0.25) is 0 Å². The molecule has 0 radical (unpaired) electrons. The van der Waals surface area contributed by atoms with Crippen molar-refractivity contribution in [2.45, 2.75) is 19.8 Å². The summed E-state index contributed by atoms with van der Waals surface area (Å²) in [6, 6.07) is 12.4. The van der Waals surface area contributed by atoms with Crippen molar-refractivity contribution in [2.75, 3.05) is 17.2 Å². The van der Waals surface area contributed by atoms with E-state index in [0.717, 1.165) is 5.75 Å². The number of ether oxygens (including phenoxy) is 1. The van der Waals surface area contributed by atoms with Crippen LogP contribution in [0.25, 0.3) is 0 Å². The number of anilines is 2. The van der Waals surface area contributed by atoms with Crippen LogP contribution in [0.3, 0.4) is 0 Å². The van der Waals surface area contributed by atoms with Crippen LogP contribution in [0.1, 0.15) is 19.8 Å². The molecule has 0 heterocycles. The van der Waals surface area contributed by atoms with E-state index < -0.39 is 5.41 Å². The van der Waals surface area contributed by atoms with Gasteiger partial charge in [0.25, 0.3) is 0 Å². The molecule has 2 aromatic rings. The molecule has 0 atom stereocenters. The second-order valence-electron chi connectivity index (χ2n) is 5.95. The molecule has 130 valence electrons. The van der Waals surface area contributed by atoms with Crippen LogP contribution in [0.15, 0.2) is 48.5 Å². The van der Waals surface area contributed by atoms with Gasteiger partial charge in [0.1, 0.15) is 17.0 Å². The number of benzene rings is 2. The molecule has 0 spiro atoms. The van der Waals surface area contributed by atoms with Crippen LogP contribution >= 0.6 is 0 Å². The maximum absolute atomic E-state index is 12.9. The van der Waals surface area contributed by atoms with E-state index in [1.165, 1.54) is 24.3 Å². The molecule has 2 N–H and O–H groups in total. The van der Waals surface area contributed by atoms with E-state index in [4.69, 9.17) is 4.74 Å². The highest BCUT2D eigenvalue weighted by atomic mass is 19.1. The summed E-state index contributed by atoms with van der Waals surface area (Å²) in [5, 5.41) is 5.45. The first-order chi connectivity index (χ1) is 12.0. The van der Waals surface area contributed by atoms with Crippen molar-refractivity contribution in [3.8, 4) is 5.75 Å². The summed E-state index contributed by atoms with van der Waals surface area (Å²) in [5.74, 6) is -0.373. The largest absolute Gasteiger partial charge is 0.494 e. The van der Waals surface area contributed by atoms with Crippen molar-refractivity contribution in [2.24, 2.45) is 5.41 Å². The Hall–Kier alpha value is -2.89. The highest BCUT2D eigenvalue weighted by molar-refractivity contribution is 6.16. The molecule has 0 aliphatic heterocycles. The lowest BCUT2D eigenvalue weighted by Crippen LogP contribution is -2.35. The first kappa shape index (κ1) is 17.0. The highest BCUT2D eigenvalue weighted by Gasteiger charge is 2.56. The number of nitrogens with one attached hydrogen (secondary N) is 2. The minimum atomic E-state index is -1.06. The van der Waals surface area contributed by atoms with E-state index in [1.807, 2.05) is 6.92 Å². The van der Waals surface area contributed by atoms with Gasteiger partial charge in [0.15, 0.2) is 0 Å². The smallest absolute Gasteiger partial charge is 0.240 e. The van der Waals surface area contributed by atoms with Gasteiger partial charge >= 0.3 is 0 Å². The van der Waals surface area contributed by atoms with Gasteiger partial charge in [-0.2, -0.15) is 0 Å². The lowest BCUT2D eigenvalue weighted by molar-refractivity contribution is -0.131. The van der Waals surface area contributed by atoms with Crippen LogP contribution in [0.5, 0.6) is 5.75 Å². The highest BCUT2D eigenvalue weighted by Crippen LogP contribution is 2.47. The Balaban J connectivity index is 1.64. The van der Waals surface area contributed by atoms with Crippen molar-refractivity contribution in [1.82, 2.24) is 0 Å². The topological polar surface area (TPSA) is 67.4 Å². The van der Waals surface area contributed by atoms with Gasteiger partial charge < -0.3 is 15.4 Å². The van der Waals surface area contributed by atoms with Crippen molar-refractivity contribution in [3.05, 3.63) is 54.3 Å². The van der Waals surface area contributed by atoms with Crippen molar-refractivity contribution >= 4 is 23.2 Å². The molecular weight excluding hydrogens is 323 g/mol. The van der Waals surface area contributed by atoms with E-state index in [-0.39, 0.29) is 17.6 Å². The fraction of sp³-hybridized carbons (Fsp3) is 0.263. The zero-order valence-electron chi connectivity index (χ0n) is 13.8. The number of carbonyl (C=O) groups is 2. The number of halogens is 1. The van der Waals surface area contributed by atoms with Gasteiger partial charge in [0.2, 0.25) is 11.8 Å². The Kier molecular flexibility index (Phi) is 4.70. The summed E-state index contributed by atoms with van der Waals surface area (Å²) in [6.45, 7) is 2.46. The molecule has 0 unspecified atom stereocenters. The van der Waals surface area contributed by atoms with E-state index in [0.29, 0.717) is 30.8 Å². The lowest BCUT2D eigenvalue weighted by atomic mass is 10.0. The molecule has 0 saturated heterocycles. The summed E-state index contributed by atoms with van der Waals surface area (Å²) in [4.78, 5) is 25.0. The molecule has 6 heteroatoms. The first-order valence-corrected chi connectivity index (χ1v) is 8.15. The van der Waals surface area contributed by atoms with E-state index in [1.54, 1.807) is 24.3 Å². The molecule has 3 rings (SSSR count). The molecule has 0 bridgehead atoms. The summed E-state index contributed by atoms with van der Waals surface area (Å²) in [5.41, 5.74) is 0.00771. The zero-order valence-corrected chi connectivity index (χ0v) is 13.8.